The van der Waals surface area contributed by atoms with Crippen molar-refractivity contribution in [3.63, 3.8) is 0 Å². The van der Waals surface area contributed by atoms with Crippen LogP contribution in [0.5, 0.6) is 0 Å². The fraction of sp³-hybridized carbons (Fsp3) is 0.333. The predicted octanol–water partition coefficient (Wildman–Crippen LogP) is 3.80. The van der Waals surface area contributed by atoms with Gasteiger partial charge in [-0.25, -0.2) is 0 Å². The van der Waals surface area contributed by atoms with Crippen LogP contribution in [0, 0.1) is 0 Å². The molecule has 1 saturated carbocycles. The Labute approximate surface area is 154 Å². The number of carbonyl (C=O) groups excluding carboxylic acids is 2. The Balaban J connectivity index is 1.50. The molecule has 0 aliphatic heterocycles. The Morgan fingerprint density at radius 1 is 0.885 bits per heavy atom. The number of benzene rings is 2. The molecule has 3 N–H and O–H groups in total. The number of nitrogens with one attached hydrogen (secondary N) is 3. The first-order valence-corrected chi connectivity index (χ1v) is 9.20. The van der Waals surface area contributed by atoms with Gasteiger partial charge in [-0.15, -0.1) is 0 Å². The SMILES string of the molecule is O=C(CNc1cccc(NC(=O)c2ccccc2)c1)NC1CCCCC1. The van der Waals surface area contributed by atoms with Crippen LogP contribution >= 0.6 is 0 Å². The molecule has 2 aromatic rings. The highest BCUT2D eigenvalue weighted by atomic mass is 16.2. The van der Waals surface area contributed by atoms with E-state index in [2.05, 4.69) is 16.0 Å². The molecule has 0 aromatic heterocycles. The number of rotatable bonds is 6. The van der Waals surface area contributed by atoms with Crippen LogP contribution < -0.4 is 16.0 Å². The third kappa shape index (κ3) is 5.34. The van der Waals surface area contributed by atoms with Gasteiger partial charge in [0.05, 0.1) is 6.54 Å². The molecule has 0 spiro atoms. The zero-order chi connectivity index (χ0) is 18.2. The fourth-order valence-electron chi connectivity index (χ4n) is 3.21. The maximum atomic E-state index is 12.2. The van der Waals surface area contributed by atoms with Crippen molar-refractivity contribution in [2.75, 3.05) is 17.2 Å². The summed E-state index contributed by atoms with van der Waals surface area (Å²) in [7, 11) is 0. The highest BCUT2D eigenvalue weighted by Crippen LogP contribution is 2.18. The number of anilines is 2. The summed E-state index contributed by atoms with van der Waals surface area (Å²) in [5, 5.41) is 9.08. The molecule has 1 aliphatic carbocycles. The van der Waals surface area contributed by atoms with Crippen LogP contribution in [0.1, 0.15) is 42.5 Å². The topological polar surface area (TPSA) is 70.2 Å². The Morgan fingerprint density at radius 2 is 1.62 bits per heavy atom. The summed E-state index contributed by atoms with van der Waals surface area (Å²) in [6, 6.07) is 16.8. The van der Waals surface area contributed by atoms with Gasteiger partial charge in [-0.3, -0.25) is 9.59 Å². The number of amides is 2. The third-order valence-corrected chi connectivity index (χ3v) is 4.58. The highest BCUT2D eigenvalue weighted by molar-refractivity contribution is 6.04. The van der Waals surface area contributed by atoms with Crippen LogP contribution in [-0.2, 0) is 4.79 Å². The lowest BCUT2D eigenvalue weighted by atomic mass is 9.95. The van der Waals surface area contributed by atoms with Crippen LogP contribution in [0.15, 0.2) is 54.6 Å². The molecule has 3 rings (SSSR count). The molecule has 2 aromatic carbocycles. The lowest BCUT2D eigenvalue weighted by molar-refractivity contribution is -0.120. The summed E-state index contributed by atoms with van der Waals surface area (Å²) >= 11 is 0. The Morgan fingerprint density at radius 3 is 2.38 bits per heavy atom. The summed E-state index contributed by atoms with van der Waals surface area (Å²) in [4.78, 5) is 24.3. The first-order valence-electron chi connectivity index (χ1n) is 9.20. The lowest BCUT2D eigenvalue weighted by Crippen LogP contribution is -2.39. The normalized spacial score (nSPS) is 14.5. The molecule has 26 heavy (non-hydrogen) atoms. The van der Waals surface area contributed by atoms with Crippen molar-refractivity contribution in [2.45, 2.75) is 38.1 Å². The molecule has 1 fully saturated rings. The first-order chi connectivity index (χ1) is 12.7. The van der Waals surface area contributed by atoms with Crippen LogP contribution in [0.25, 0.3) is 0 Å². The average molecular weight is 351 g/mol. The van der Waals surface area contributed by atoms with E-state index in [4.69, 9.17) is 0 Å². The second-order valence-electron chi connectivity index (χ2n) is 6.66. The third-order valence-electron chi connectivity index (χ3n) is 4.58. The maximum absolute atomic E-state index is 12.2. The monoisotopic (exact) mass is 351 g/mol. The Kier molecular flexibility index (Phi) is 6.25. The van der Waals surface area contributed by atoms with Crippen LogP contribution in [0.2, 0.25) is 0 Å². The molecule has 0 radical (unpaired) electrons. The van der Waals surface area contributed by atoms with Crippen molar-refractivity contribution in [3.05, 3.63) is 60.2 Å². The van der Waals surface area contributed by atoms with E-state index >= 15 is 0 Å². The molecular formula is C21H25N3O2. The van der Waals surface area contributed by atoms with Gasteiger partial charge in [0.1, 0.15) is 0 Å². The van der Waals surface area contributed by atoms with Gasteiger partial charge in [-0.05, 0) is 43.2 Å². The number of hydrogen-bond donors (Lipinski definition) is 3. The number of carbonyl (C=O) groups is 2. The molecule has 0 unspecified atom stereocenters. The zero-order valence-corrected chi connectivity index (χ0v) is 14.8. The molecule has 5 heteroatoms. The summed E-state index contributed by atoms with van der Waals surface area (Å²) in [6.07, 6.45) is 5.81. The van der Waals surface area contributed by atoms with E-state index in [1.54, 1.807) is 12.1 Å². The summed E-state index contributed by atoms with van der Waals surface area (Å²) in [5.41, 5.74) is 2.10. The van der Waals surface area contributed by atoms with Crippen LogP contribution in [0.3, 0.4) is 0 Å². The maximum Gasteiger partial charge on any atom is 0.255 e. The second-order valence-corrected chi connectivity index (χ2v) is 6.66. The van der Waals surface area contributed by atoms with Gasteiger partial charge in [0, 0.05) is 23.0 Å². The molecule has 0 saturated heterocycles. The van der Waals surface area contributed by atoms with E-state index in [9.17, 15) is 9.59 Å². The van der Waals surface area contributed by atoms with Gasteiger partial charge < -0.3 is 16.0 Å². The molecule has 1 aliphatic rings. The zero-order valence-electron chi connectivity index (χ0n) is 14.8. The van der Waals surface area contributed by atoms with Crippen molar-refractivity contribution < 1.29 is 9.59 Å². The van der Waals surface area contributed by atoms with E-state index in [-0.39, 0.29) is 18.4 Å². The van der Waals surface area contributed by atoms with Gasteiger partial charge in [0.15, 0.2) is 0 Å². The standard InChI is InChI=1S/C21H25N3O2/c25-20(23-17-10-5-2-6-11-17)15-22-18-12-7-13-19(14-18)24-21(26)16-8-3-1-4-9-16/h1,3-4,7-9,12-14,17,22H,2,5-6,10-11,15H2,(H,23,25)(H,24,26). The molecule has 5 nitrogen and oxygen atoms in total. The Bertz CT molecular complexity index is 740. The minimum absolute atomic E-state index is 0.00984. The summed E-state index contributed by atoms with van der Waals surface area (Å²) in [5.74, 6) is -0.145. The predicted molar refractivity (Wildman–Crippen MR) is 104 cm³/mol. The minimum atomic E-state index is -0.155. The van der Waals surface area contributed by atoms with E-state index in [0.29, 0.717) is 17.3 Å². The molecule has 136 valence electrons. The number of hydrogen-bond acceptors (Lipinski definition) is 3. The smallest absolute Gasteiger partial charge is 0.255 e. The largest absolute Gasteiger partial charge is 0.376 e. The van der Waals surface area contributed by atoms with Crippen LogP contribution in [0.4, 0.5) is 11.4 Å². The van der Waals surface area contributed by atoms with Crippen molar-refractivity contribution in [3.8, 4) is 0 Å². The van der Waals surface area contributed by atoms with Gasteiger partial charge in [0.25, 0.3) is 5.91 Å². The van der Waals surface area contributed by atoms with Crippen molar-refractivity contribution in [1.29, 1.82) is 0 Å². The molecule has 0 heterocycles. The molecule has 2 amide bonds. The van der Waals surface area contributed by atoms with Crippen molar-refractivity contribution >= 4 is 23.2 Å². The van der Waals surface area contributed by atoms with Gasteiger partial charge in [-0.2, -0.15) is 0 Å². The Hall–Kier alpha value is -2.82. The molecular weight excluding hydrogens is 326 g/mol. The van der Waals surface area contributed by atoms with Crippen LogP contribution in [-0.4, -0.2) is 24.4 Å². The lowest BCUT2D eigenvalue weighted by Gasteiger charge is -2.22. The summed E-state index contributed by atoms with van der Waals surface area (Å²) in [6.45, 7) is 0.229. The van der Waals surface area contributed by atoms with Gasteiger partial charge in [-0.1, -0.05) is 43.5 Å². The molecule has 0 bridgehead atoms. The van der Waals surface area contributed by atoms with Crippen molar-refractivity contribution in [1.82, 2.24) is 5.32 Å². The first kappa shape index (κ1) is 18.0. The van der Waals surface area contributed by atoms with Crippen molar-refractivity contribution in [2.24, 2.45) is 0 Å². The van der Waals surface area contributed by atoms with E-state index < -0.39 is 0 Å². The molecule has 0 atom stereocenters. The van der Waals surface area contributed by atoms with E-state index in [1.807, 2.05) is 42.5 Å². The van der Waals surface area contributed by atoms with E-state index in [0.717, 1.165) is 18.5 Å². The second kappa shape index (κ2) is 9.04. The van der Waals surface area contributed by atoms with E-state index in [1.165, 1.54) is 19.3 Å². The van der Waals surface area contributed by atoms with Gasteiger partial charge in [0.2, 0.25) is 5.91 Å². The highest BCUT2D eigenvalue weighted by Gasteiger charge is 2.15. The fourth-order valence-corrected chi connectivity index (χ4v) is 3.21. The summed E-state index contributed by atoms with van der Waals surface area (Å²) < 4.78 is 0. The minimum Gasteiger partial charge on any atom is -0.376 e. The quantitative estimate of drug-likeness (QED) is 0.741. The van der Waals surface area contributed by atoms with Gasteiger partial charge >= 0.3 is 0 Å². The average Bonchev–Trinajstić information content (AvgIpc) is 2.68.